The van der Waals surface area contributed by atoms with Gasteiger partial charge in [-0.2, -0.15) is 0 Å². The van der Waals surface area contributed by atoms with E-state index in [0.29, 0.717) is 12.3 Å². The Morgan fingerprint density at radius 1 is 1.50 bits per heavy atom. The molecule has 1 spiro atoms. The zero-order valence-corrected chi connectivity index (χ0v) is 15.0. The third kappa shape index (κ3) is 3.18. The highest BCUT2D eigenvalue weighted by molar-refractivity contribution is 8.01. The number of aromatic nitrogens is 3. The highest BCUT2D eigenvalue weighted by Gasteiger charge is 2.51. The maximum Gasteiger partial charge on any atom is 0.272 e. The molecule has 126 valence electrons. The predicted molar refractivity (Wildman–Crippen MR) is 93.2 cm³/mol. The smallest absolute Gasteiger partial charge is 0.272 e. The fraction of sp³-hybridized carbons (Fsp3) is 0.500. The minimum absolute atomic E-state index is 0.00839. The second-order valence-corrected chi connectivity index (χ2v) is 8.80. The van der Waals surface area contributed by atoms with Crippen LogP contribution in [0.5, 0.6) is 0 Å². The SMILES string of the molecule is Cc1nc(COC2CSC3(C2)CN(C(=O)c2ccncn2)C3)cs1. The van der Waals surface area contributed by atoms with Crippen LogP contribution in [0.1, 0.15) is 27.6 Å². The molecular weight excluding hydrogens is 344 g/mol. The molecule has 2 fully saturated rings. The van der Waals surface area contributed by atoms with E-state index in [1.165, 1.54) is 6.33 Å². The maximum absolute atomic E-state index is 12.3. The number of likely N-dealkylation sites (tertiary alicyclic amines) is 1. The lowest BCUT2D eigenvalue weighted by Gasteiger charge is -2.47. The van der Waals surface area contributed by atoms with Gasteiger partial charge in [-0.1, -0.05) is 0 Å². The quantitative estimate of drug-likeness (QED) is 0.830. The largest absolute Gasteiger partial charge is 0.371 e. The van der Waals surface area contributed by atoms with Crippen LogP contribution >= 0.6 is 23.1 Å². The third-order valence-electron chi connectivity index (χ3n) is 4.35. The summed E-state index contributed by atoms with van der Waals surface area (Å²) in [5.41, 5.74) is 1.48. The molecule has 2 aliphatic rings. The molecule has 0 radical (unpaired) electrons. The van der Waals surface area contributed by atoms with Gasteiger partial charge in [0.15, 0.2) is 0 Å². The summed E-state index contributed by atoms with van der Waals surface area (Å²) in [6, 6.07) is 1.66. The summed E-state index contributed by atoms with van der Waals surface area (Å²) in [7, 11) is 0. The number of rotatable bonds is 4. The van der Waals surface area contributed by atoms with E-state index in [0.717, 1.165) is 36.0 Å². The molecule has 6 nitrogen and oxygen atoms in total. The van der Waals surface area contributed by atoms with Crippen molar-refractivity contribution in [2.75, 3.05) is 18.8 Å². The number of thiazole rings is 1. The highest BCUT2D eigenvalue weighted by Crippen LogP contribution is 2.46. The molecule has 1 amide bonds. The van der Waals surface area contributed by atoms with Gasteiger partial charge in [0, 0.05) is 30.4 Å². The summed E-state index contributed by atoms with van der Waals surface area (Å²) in [5, 5.41) is 3.13. The Labute approximate surface area is 148 Å². The zero-order valence-electron chi connectivity index (χ0n) is 13.3. The Bertz CT molecular complexity index is 731. The molecule has 2 aliphatic heterocycles. The van der Waals surface area contributed by atoms with Crippen molar-refractivity contribution in [2.45, 2.75) is 30.8 Å². The maximum atomic E-state index is 12.3. The van der Waals surface area contributed by atoms with Crippen LogP contribution in [0, 0.1) is 6.92 Å². The van der Waals surface area contributed by atoms with Crippen LogP contribution in [-0.2, 0) is 11.3 Å². The van der Waals surface area contributed by atoms with Crippen LogP contribution < -0.4 is 0 Å². The normalized spacial score (nSPS) is 21.9. The van der Waals surface area contributed by atoms with Gasteiger partial charge in [-0.15, -0.1) is 23.1 Å². The topological polar surface area (TPSA) is 68.2 Å². The van der Waals surface area contributed by atoms with Gasteiger partial charge >= 0.3 is 0 Å². The van der Waals surface area contributed by atoms with E-state index in [1.807, 2.05) is 23.6 Å². The number of hydrogen-bond acceptors (Lipinski definition) is 7. The van der Waals surface area contributed by atoms with Gasteiger partial charge in [0.25, 0.3) is 5.91 Å². The standard InChI is InChI=1S/C16H18N4O2S2/c1-11-19-12(6-23-11)5-22-13-4-16(24-7-13)8-20(9-16)15(21)14-2-3-17-10-18-14/h2-3,6,10,13H,4-5,7-9H2,1H3. The van der Waals surface area contributed by atoms with Gasteiger partial charge in [-0.3, -0.25) is 4.79 Å². The molecule has 0 aromatic carbocycles. The molecule has 1 atom stereocenters. The average Bonchev–Trinajstić information content (AvgIpc) is 3.18. The minimum Gasteiger partial charge on any atom is -0.371 e. The van der Waals surface area contributed by atoms with Crippen LogP contribution in [0.15, 0.2) is 24.0 Å². The fourth-order valence-corrected chi connectivity index (χ4v) is 5.33. The van der Waals surface area contributed by atoms with Crippen LogP contribution in [0.25, 0.3) is 0 Å². The molecule has 2 aromatic heterocycles. The van der Waals surface area contributed by atoms with E-state index in [2.05, 4.69) is 20.3 Å². The first-order chi connectivity index (χ1) is 11.6. The molecule has 24 heavy (non-hydrogen) atoms. The number of aryl methyl sites for hydroxylation is 1. The molecule has 1 unspecified atom stereocenters. The number of thioether (sulfide) groups is 1. The highest BCUT2D eigenvalue weighted by atomic mass is 32.2. The lowest BCUT2D eigenvalue weighted by atomic mass is 9.92. The lowest BCUT2D eigenvalue weighted by molar-refractivity contribution is 0.0244. The van der Waals surface area contributed by atoms with Gasteiger partial charge in [-0.25, -0.2) is 15.0 Å². The van der Waals surface area contributed by atoms with Crippen molar-refractivity contribution in [1.82, 2.24) is 19.9 Å². The van der Waals surface area contributed by atoms with Crippen molar-refractivity contribution < 1.29 is 9.53 Å². The first kappa shape index (κ1) is 16.0. The minimum atomic E-state index is -0.00839. The Balaban J connectivity index is 1.28. The Kier molecular flexibility index (Phi) is 4.28. The van der Waals surface area contributed by atoms with Gasteiger partial charge in [0.05, 0.1) is 28.2 Å². The lowest BCUT2D eigenvalue weighted by Crippen LogP contribution is -2.60. The zero-order chi connectivity index (χ0) is 16.6. The van der Waals surface area contributed by atoms with E-state index < -0.39 is 0 Å². The number of carbonyl (C=O) groups excluding carboxylic acids is 1. The van der Waals surface area contributed by atoms with Crippen molar-refractivity contribution in [2.24, 2.45) is 0 Å². The predicted octanol–water partition coefficient (Wildman–Crippen LogP) is 2.16. The van der Waals surface area contributed by atoms with Crippen LogP contribution in [0.3, 0.4) is 0 Å². The van der Waals surface area contributed by atoms with Gasteiger partial charge in [0.2, 0.25) is 0 Å². The fourth-order valence-electron chi connectivity index (χ4n) is 3.18. The van der Waals surface area contributed by atoms with E-state index in [1.54, 1.807) is 23.6 Å². The van der Waals surface area contributed by atoms with E-state index in [4.69, 9.17) is 4.74 Å². The summed E-state index contributed by atoms with van der Waals surface area (Å²) >= 11 is 3.58. The van der Waals surface area contributed by atoms with Gasteiger partial charge in [-0.05, 0) is 19.4 Å². The first-order valence-electron chi connectivity index (χ1n) is 7.85. The van der Waals surface area contributed by atoms with Crippen LogP contribution in [0.4, 0.5) is 0 Å². The molecule has 0 aliphatic carbocycles. The number of nitrogens with zero attached hydrogens (tertiary/aromatic N) is 4. The molecule has 2 aromatic rings. The summed E-state index contributed by atoms with van der Waals surface area (Å²) in [6.45, 7) is 4.13. The number of amides is 1. The molecule has 4 rings (SSSR count). The molecule has 4 heterocycles. The molecule has 8 heteroatoms. The van der Waals surface area contributed by atoms with Crippen molar-refractivity contribution in [1.29, 1.82) is 0 Å². The van der Waals surface area contributed by atoms with Crippen LogP contribution in [-0.4, -0.2) is 55.5 Å². The van der Waals surface area contributed by atoms with Gasteiger partial charge < -0.3 is 9.64 Å². The second kappa shape index (κ2) is 6.42. The first-order valence-corrected chi connectivity index (χ1v) is 9.72. The molecule has 0 saturated carbocycles. The van der Waals surface area contributed by atoms with Crippen molar-refractivity contribution in [3.8, 4) is 0 Å². The van der Waals surface area contributed by atoms with Crippen molar-refractivity contribution in [3.63, 3.8) is 0 Å². The van der Waals surface area contributed by atoms with Crippen molar-refractivity contribution >= 4 is 29.0 Å². The summed E-state index contributed by atoms with van der Waals surface area (Å²) in [6.07, 6.45) is 4.25. The molecule has 0 N–H and O–H groups in total. The number of ether oxygens (including phenoxy) is 1. The van der Waals surface area contributed by atoms with E-state index in [-0.39, 0.29) is 16.8 Å². The summed E-state index contributed by atoms with van der Waals surface area (Å²) in [5.74, 6) is 0.976. The summed E-state index contributed by atoms with van der Waals surface area (Å²) in [4.78, 5) is 26.5. The Hall–Kier alpha value is -1.51. The van der Waals surface area contributed by atoms with E-state index >= 15 is 0 Å². The van der Waals surface area contributed by atoms with Gasteiger partial charge in [0.1, 0.15) is 12.0 Å². The second-order valence-electron chi connectivity index (χ2n) is 6.24. The molecule has 0 bridgehead atoms. The van der Waals surface area contributed by atoms with Crippen LogP contribution in [0.2, 0.25) is 0 Å². The monoisotopic (exact) mass is 362 g/mol. The number of carbonyl (C=O) groups is 1. The number of hydrogen-bond donors (Lipinski definition) is 0. The Morgan fingerprint density at radius 2 is 2.38 bits per heavy atom. The summed E-state index contributed by atoms with van der Waals surface area (Å²) < 4.78 is 6.17. The molecular formula is C16H18N4O2S2. The van der Waals surface area contributed by atoms with Crippen molar-refractivity contribution in [3.05, 3.63) is 40.4 Å². The molecule has 2 saturated heterocycles. The van der Waals surface area contributed by atoms with E-state index in [9.17, 15) is 4.79 Å². The third-order valence-corrected chi connectivity index (χ3v) is 6.75. The average molecular weight is 362 g/mol. The Morgan fingerprint density at radius 3 is 3.08 bits per heavy atom.